The SMILES string of the molecule is CC(=O)NCCOCCOCCNC(=O)C(C)C. The zero-order valence-corrected chi connectivity index (χ0v) is 11.5. The van der Waals surface area contributed by atoms with Crippen LogP contribution in [-0.2, 0) is 19.1 Å². The minimum Gasteiger partial charge on any atom is -0.377 e. The lowest BCUT2D eigenvalue weighted by molar-refractivity contribution is -0.124. The van der Waals surface area contributed by atoms with Gasteiger partial charge in [-0.05, 0) is 0 Å². The molecule has 0 fully saturated rings. The molecule has 0 aromatic carbocycles. The molecule has 2 N–H and O–H groups in total. The first-order valence-corrected chi connectivity index (χ1v) is 6.21. The van der Waals surface area contributed by atoms with Crippen LogP contribution >= 0.6 is 0 Å². The van der Waals surface area contributed by atoms with Crippen LogP contribution in [0.25, 0.3) is 0 Å². The number of hydrogen-bond donors (Lipinski definition) is 2. The predicted molar refractivity (Wildman–Crippen MR) is 68.2 cm³/mol. The standard InChI is InChI=1S/C12H24N2O4/c1-10(2)12(16)14-5-7-18-9-8-17-6-4-13-11(3)15/h10H,4-9H2,1-3H3,(H,13,15)(H,14,16). The van der Waals surface area contributed by atoms with E-state index in [1.807, 2.05) is 13.8 Å². The topological polar surface area (TPSA) is 76.7 Å². The Balaban J connectivity index is 3.12. The molecule has 0 heterocycles. The summed E-state index contributed by atoms with van der Waals surface area (Å²) in [4.78, 5) is 21.7. The van der Waals surface area contributed by atoms with E-state index in [-0.39, 0.29) is 17.7 Å². The second kappa shape index (κ2) is 11.0. The van der Waals surface area contributed by atoms with E-state index in [0.717, 1.165) is 0 Å². The first-order valence-electron chi connectivity index (χ1n) is 6.21. The summed E-state index contributed by atoms with van der Waals surface area (Å²) in [5.41, 5.74) is 0. The molecule has 106 valence electrons. The van der Waals surface area contributed by atoms with Gasteiger partial charge in [0.05, 0.1) is 26.4 Å². The third-order valence-electron chi connectivity index (χ3n) is 2.06. The molecule has 0 aromatic rings. The molecule has 0 rings (SSSR count). The molecule has 0 radical (unpaired) electrons. The number of carbonyl (C=O) groups is 2. The maximum Gasteiger partial charge on any atom is 0.222 e. The minimum absolute atomic E-state index is 0.00195. The Bertz CT molecular complexity index is 244. The monoisotopic (exact) mass is 260 g/mol. The first-order chi connectivity index (χ1) is 8.54. The lowest BCUT2D eigenvalue weighted by Crippen LogP contribution is -2.31. The van der Waals surface area contributed by atoms with Crippen LogP contribution in [0.4, 0.5) is 0 Å². The summed E-state index contributed by atoms with van der Waals surface area (Å²) >= 11 is 0. The molecular weight excluding hydrogens is 236 g/mol. The summed E-state index contributed by atoms with van der Waals surface area (Å²) < 4.78 is 10.5. The van der Waals surface area contributed by atoms with E-state index < -0.39 is 0 Å². The Kier molecular flexibility index (Phi) is 10.3. The van der Waals surface area contributed by atoms with Crippen LogP contribution in [0.5, 0.6) is 0 Å². The van der Waals surface area contributed by atoms with Gasteiger partial charge in [0.25, 0.3) is 0 Å². The average Bonchev–Trinajstić information content (AvgIpc) is 2.30. The van der Waals surface area contributed by atoms with Crippen LogP contribution in [0.1, 0.15) is 20.8 Å². The van der Waals surface area contributed by atoms with Crippen LogP contribution in [-0.4, -0.2) is 51.3 Å². The fraction of sp³-hybridized carbons (Fsp3) is 0.833. The van der Waals surface area contributed by atoms with Gasteiger partial charge < -0.3 is 20.1 Å². The highest BCUT2D eigenvalue weighted by molar-refractivity contribution is 5.77. The molecule has 2 amide bonds. The lowest BCUT2D eigenvalue weighted by Gasteiger charge is -2.08. The van der Waals surface area contributed by atoms with Crippen molar-refractivity contribution in [2.24, 2.45) is 5.92 Å². The summed E-state index contributed by atoms with van der Waals surface area (Å²) in [6.45, 7) is 8.12. The Morgan fingerprint density at radius 3 is 1.89 bits per heavy atom. The number of ether oxygens (including phenoxy) is 2. The molecule has 6 heteroatoms. The molecule has 0 aromatic heterocycles. The van der Waals surface area contributed by atoms with E-state index in [1.165, 1.54) is 6.92 Å². The van der Waals surface area contributed by atoms with Gasteiger partial charge in [0.2, 0.25) is 11.8 Å². The Morgan fingerprint density at radius 1 is 0.944 bits per heavy atom. The smallest absolute Gasteiger partial charge is 0.222 e. The highest BCUT2D eigenvalue weighted by atomic mass is 16.5. The van der Waals surface area contributed by atoms with Crippen LogP contribution in [0.15, 0.2) is 0 Å². The summed E-state index contributed by atoms with van der Waals surface area (Å²) in [6.07, 6.45) is 0. The molecule has 0 aliphatic heterocycles. The van der Waals surface area contributed by atoms with Gasteiger partial charge in [0.1, 0.15) is 0 Å². The van der Waals surface area contributed by atoms with Gasteiger partial charge in [-0.25, -0.2) is 0 Å². The van der Waals surface area contributed by atoms with Gasteiger partial charge in [0.15, 0.2) is 0 Å². The van der Waals surface area contributed by atoms with Crippen LogP contribution in [0.3, 0.4) is 0 Å². The summed E-state index contributed by atoms with van der Waals surface area (Å²) in [5, 5.41) is 5.38. The van der Waals surface area contributed by atoms with Gasteiger partial charge in [-0.15, -0.1) is 0 Å². The highest BCUT2D eigenvalue weighted by Crippen LogP contribution is 1.89. The fourth-order valence-electron chi connectivity index (χ4n) is 1.07. The van der Waals surface area contributed by atoms with Gasteiger partial charge in [-0.3, -0.25) is 9.59 Å². The molecule has 0 aliphatic rings. The summed E-state index contributed by atoms with van der Waals surface area (Å²) in [7, 11) is 0. The summed E-state index contributed by atoms with van der Waals surface area (Å²) in [6, 6.07) is 0. The molecule has 6 nitrogen and oxygen atoms in total. The molecular formula is C12H24N2O4. The lowest BCUT2D eigenvalue weighted by atomic mass is 10.2. The quantitative estimate of drug-likeness (QED) is 0.539. The molecule has 0 atom stereocenters. The highest BCUT2D eigenvalue weighted by Gasteiger charge is 2.04. The average molecular weight is 260 g/mol. The first kappa shape index (κ1) is 16.9. The van der Waals surface area contributed by atoms with Gasteiger partial charge in [0, 0.05) is 25.9 Å². The maximum absolute atomic E-state index is 11.2. The molecule has 0 aliphatic carbocycles. The number of hydrogen-bond acceptors (Lipinski definition) is 4. The van der Waals surface area contributed by atoms with Crippen molar-refractivity contribution >= 4 is 11.8 Å². The van der Waals surface area contributed by atoms with Crippen molar-refractivity contribution in [1.29, 1.82) is 0 Å². The molecule has 18 heavy (non-hydrogen) atoms. The zero-order chi connectivity index (χ0) is 13.8. The molecule has 0 spiro atoms. The van der Waals surface area contributed by atoms with Crippen LogP contribution < -0.4 is 10.6 Å². The molecule has 0 bridgehead atoms. The Labute approximate surface area is 108 Å². The van der Waals surface area contributed by atoms with E-state index in [2.05, 4.69) is 10.6 Å². The van der Waals surface area contributed by atoms with E-state index >= 15 is 0 Å². The summed E-state index contributed by atoms with van der Waals surface area (Å²) in [5.74, 6) is -0.0250. The van der Waals surface area contributed by atoms with Crippen molar-refractivity contribution in [2.45, 2.75) is 20.8 Å². The van der Waals surface area contributed by atoms with Crippen molar-refractivity contribution in [1.82, 2.24) is 10.6 Å². The number of rotatable bonds is 10. The Hall–Kier alpha value is -1.14. The normalized spacial score (nSPS) is 10.4. The van der Waals surface area contributed by atoms with Gasteiger partial charge in [-0.2, -0.15) is 0 Å². The second-order valence-electron chi connectivity index (χ2n) is 4.15. The fourth-order valence-corrected chi connectivity index (χ4v) is 1.07. The van der Waals surface area contributed by atoms with Gasteiger partial charge in [-0.1, -0.05) is 13.8 Å². The van der Waals surface area contributed by atoms with Crippen molar-refractivity contribution in [3.8, 4) is 0 Å². The number of amides is 2. The van der Waals surface area contributed by atoms with Crippen molar-refractivity contribution in [3.05, 3.63) is 0 Å². The third kappa shape index (κ3) is 11.3. The van der Waals surface area contributed by atoms with Crippen molar-refractivity contribution < 1.29 is 19.1 Å². The Morgan fingerprint density at radius 2 is 1.44 bits per heavy atom. The second-order valence-corrected chi connectivity index (χ2v) is 4.15. The molecule has 0 unspecified atom stereocenters. The van der Waals surface area contributed by atoms with Crippen molar-refractivity contribution in [3.63, 3.8) is 0 Å². The predicted octanol–water partition coefficient (Wildman–Crippen LogP) is -0.0721. The number of nitrogens with one attached hydrogen (secondary N) is 2. The van der Waals surface area contributed by atoms with Crippen LogP contribution in [0, 0.1) is 5.92 Å². The zero-order valence-electron chi connectivity index (χ0n) is 11.5. The number of carbonyl (C=O) groups excluding carboxylic acids is 2. The van der Waals surface area contributed by atoms with E-state index in [4.69, 9.17) is 9.47 Å². The van der Waals surface area contributed by atoms with E-state index in [9.17, 15) is 9.59 Å². The largest absolute Gasteiger partial charge is 0.377 e. The minimum atomic E-state index is -0.0595. The van der Waals surface area contributed by atoms with Crippen molar-refractivity contribution in [2.75, 3.05) is 39.5 Å². The third-order valence-corrected chi connectivity index (χ3v) is 2.06. The van der Waals surface area contributed by atoms with E-state index in [0.29, 0.717) is 39.5 Å². The van der Waals surface area contributed by atoms with Gasteiger partial charge >= 0.3 is 0 Å². The van der Waals surface area contributed by atoms with E-state index in [1.54, 1.807) is 0 Å². The maximum atomic E-state index is 11.2. The van der Waals surface area contributed by atoms with Crippen LogP contribution in [0.2, 0.25) is 0 Å². The molecule has 0 saturated heterocycles. The molecule has 0 saturated carbocycles.